The van der Waals surface area contributed by atoms with Crippen molar-refractivity contribution in [3.05, 3.63) is 84.1 Å². The van der Waals surface area contributed by atoms with Crippen LogP contribution in [-0.4, -0.2) is 27.5 Å². The topological polar surface area (TPSA) is 91.1 Å². The van der Waals surface area contributed by atoms with E-state index in [0.29, 0.717) is 24.9 Å². The number of nitrogens with one attached hydrogen (secondary N) is 3. The van der Waals surface area contributed by atoms with Crippen LogP contribution in [0.4, 0.5) is 0 Å². The van der Waals surface area contributed by atoms with Crippen LogP contribution in [0.2, 0.25) is 0 Å². The van der Waals surface area contributed by atoms with E-state index in [0.717, 1.165) is 34.9 Å². The molecule has 2 heterocycles. The summed E-state index contributed by atoms with van der Waals surface area (Å²) in [6.45, 7) is 5.79. The lowest BCUT2D eigenvalue weighted by molar-refractivity contribution is 0.572. The summed E-state index contributed by atoms with van der Waals surface area (Å²) in [4.78, 5) is 17.0. The molecule has 2 aromatic heterocycles. The molecule has 0 unspecified atom stereocenters. The van der Waals surface area contributed by atoms with Gasteiger partial charge in [0.15, 0.2) is 5.96 Å². The number of aromatic amines is 1. The number of oxazole rings is 1. The highest BCUT2D eigenvalue weighted by atomic mass is 16.3. The molecule has 7 nitrogen and oxygen atoms in total. The largest absolute Gasteiger partial charge is 0.444 e. The number of nitrogens with zero attached hydrogens (tertiary/aromatic N) is 3. The molecule has 0 aliphatic heterocycles. The monoisotopic (exact) mass is 414 g/mol. The second-order valence-corrected chi connectivity index (χ2v) is 7.17. The van der Waals surface area contributed by atoms with E-state index in [2.05, 4.69) is 49.6 Å². The Labute approximate surface area is 181 Å². The zero-order valence-corrected chi connectivity index (χ0v) is 17.7. The van der Waals surface area contributed by atoms with Crippen LogP contribution >= 0.6 is 0 Å². The van der Waals surface area contributed by atoms with Gasteiger partial charge in [0.05, 0.1) is 25.0 Å². The van der Waals surface area contributed by atoms with Crippen molar-refractivity contribution in [1.82, 2.24) is 25.6 Å². The summed E-state index contributed by atoms with van der Waals surface area (Å²) in [5.41, 5.74) is 5.03. The normalized spacial score (nSPS) is 11.5. The van der Waals surface area contributed by atoms with Crippen LogP contribution in [0.15, 0.2) is 76.5 Å². The average molecular weight is 415 g/mol. The van der Waals surface area contributed by atoms with Crippen molar-refractivity contribution in [3.8, 4) is 22.7 Å². The third kappa shape index (κ3) is 5.39. The average Bonchev–Trinajstić information content (AvgIpc) is 3.47. The minimum Gasteiger partial charge on any atom is -0.444 e. The molecule has 4 rings (SSSR count). The zero-order valence-electron chi connectivity index (χ0n) is 17.7. The van der Waals surface area contributed by atoms with E-state index in [-0.39, 0.29) is 0 Å². The molecule has 0 saturated carbocycles. The molecule has 0 atom stereocenters. The smallest absolute Gasteiger partial charge is 0.226 e. The van der Waals surface area contributed by atoms with Gasteiger partial charge in [-0.15, -0.1) is 0 Å². The van der Waals surface area contributed by atoms with E-state index in [1.165, 1.54) is 5.56 Å². The molecular weight excluding hydrogens is 388 g/mol. The van der Waals surface area contributed by atoms with Gasteiger partial charge in [-0.2, -0.15) is 0 Å². The number of aliphatic imine (C=N–C) groups is 1. The number of benzene rings is 2. The first-order valence-electron chi connectivity index (χ1n) is 10.3. The fourth-order valence-electron chi connectivity index (χ4n) is 3.09. The van der Waals surface area contributed by atoms with Gasteiger partial charge in [0.1, 0.15) is 17.8 Å². The van der Waals surface area contributed by atoms with E-state index in [1.807, 2.05) is 55.6 Å². The van der Waals surface area contributed by atoms with Crippen molar-refractivity contribution in [2.24, 2.45) is 4.99 Å². The Bertz CT molecular complexity index is 1130. The zero-order chi connectivity index (χ0) is 21.5. The summed E-state index contributed by atoms with van der Waals surface area (Å²) >= 11 is 0. The molecule has 0 aliphatic rings. The van der Waals surface area contributed by atoms with Crippen LogP contribution in [0.25, 0.3) is 22.7 Å². The van der Waals surface area contributed by atoms with Gasteiger partial charge in [0.2, 0.25) is 5.89 Å². The number of aryl methyl sites for hydroxylation is 1. The van der Waals surface area contributed by atoms with Crippen molar-refractivity contribution in [3.63, 3.8) is 0 Å². The Kier molecular flexibility index (Phi) is 6.42. The van der Waals surface area contributed by atoms with Gasteiger partial charge < -0.3 is 20.0 Å². The molecule has 4 aromatic rings. The highest BCUT2D eigenvalue weighted by molar-refractivity contribution is 5.79. The maximum Gasteiger partial charge on any atom is 0.226 e. The maximum atomic E-state index is 5.62. The first kappa shape index (κ1) is 20.4. The third-order valence-corrected chi connectivity index (χ3v) is 4.73. The van der Waals surface area contributed by atoms with Gasteiger partial charge in [-0.25, -0.2) is 15.0 Å². The lowest BCUT2D eigenvalue weighted by Crippen LogP contribution is -2.37. The molecular formula is C24H26N6O. The van der Waals surface area contributed by atoms with Gasteiger partial charge in [-0.3, -0.25) is 0 Å². The highest BCUT2D eigenvalue weighted by Gasteiger charge is 2.08. The molecule has 0 aliphatic carbocycles. The van der Waals surface area contributed by atoms with E-state index >= 15 is 0 Å². The Morgan fingerprint density at radius 3 is 2.61 bits per heavy atom. The van der Waals surface area contributed by atoms with Crippen molar-refractivity contribution in [2.75, 3.05) is 6.54 Å². The summed E-state index contributed by atoms with van der Waals surface area (Å²) in [5.74, 6) is 2.14. The fourth-order valence-corrected chi connectivity index (χ4v) is 3.09. The van der Waals surface area contributed by atoms with Crippen LogP contribution in [0.3, 0.4) is 0 Å². The lowest BCUT2D eigenvalue weighted by atomic mass is 10.1. The Morgan fingerprint density at radius 2 is 1.84 bits per heavy atom. The highest BCUT2D eigenvalue weighted by Crippen LogP contribution is 2.19. The Balaban J connectivity index is 1.38. The number of hydrogen-bond donors (Lipinski definition) is 3. The number of guanidine groups is 1. The predicted octanol–water partition coefficient (Wildman–Crippen LogP) is 4.30. The lowest BCUT2D eigenvalue weighted by Gasteiger charge is -2.09. The SMILES string of the molecule is CCNC(=NCc1coc(-c2ccc(C)cc2)n1)NCc1ncc(-c2ccccc2)[nH]1. The van der Waals surface area contributed by atoms with Crippen LogP contribution in [-0.2, 0) is 13.1 Å². The van der Waals surface area contributed by atoms with Gasteiger partial charge >= 0.3 is 0 Å². The Morgan fingerprint density at radius 1 is 1.03 bits per heavy atom. The minimum absolute atomic E-state index is 0.415. The molecule has 0 saturated heterocycles. The fraction of sp³-hybridized carbons (Fsp3) is 0.208. The van der Waals surface area contributed by atoms with Crippen molar-refractivity contribution < 1.29 is 4.42 Å². The standard InChI is InChI=1S/C24H26N6O/c1-3-25-24(28-15-22-26-14-21(30-22)18-7-5-4-6-8-18)27-13-20-16-31-23(29-20)19-11-9-17(2)10-12-19/h4-12,14,16H,3,13,15H2,1-2H3,(H,26,30)(H2,25,27,28). The van der Waals surface area contributed by atoms with Gasteiger partial charge in [-0.05, 0) is 31.5 Å². The number of H-pyrrole nitrogens is 1. The van der Waals surface area contributed by atoms with Crippen LogP contribution in [0, 0.1) is 6.92 Å². The molecule has 0 spiro atoms. The third-order valence-electron chi connectivity index (χ3n) is 4.73. The first-order chi connectivity index (χ1) is 15.2. The van der Waals surface area contributed by atoms with E-state index in [9.17, 15) is 0 Å². The van der Waals surface area contributed by atoms with E-state index in [1.54, 1.807) is 6.26 Å². The van der Waals surface area contributed by atoms with Crippen LogP contribution < -0.4 is 10.6 Å². The maximum absolute atomic E-state index is 5.62. The first-order valence-corrected chi connectivity index (χ1v) is 10.3. The molecule has 3 N–H and O–H groups in total. The summed E-state index contributed by atoms with van der Waals surface area (Å²) in [6.07, 6.45) is 3.50. The van der Waals surface area contributed by atoms with E-state index in [4.69, 9.17) is 4.42 Å². The number of imidazole rings is 1. The number of aromatic nitrogens is 3. The van der Waals surface area contributed by atoms with Crippen molar-refractivity contribution >= 4 is 5.96 Å². The number of rotatable bonds is 7. The summed E-state index contributed by atoms with van der Waals surface area (Å²) in [7, 11) is 0. The van der Waals surface area contributed by atoms with Crippen LogP contribution in [0.5, 0.6) is 0 Å². The summed E-state index contributed by atoms with van der Waals surface area (Å²) in [5, 5.41) is 6.55. The quantitative estimate of drug-likeness (QED) is 0.310. The Hall–Kier alpha value is -3.87. The molecule has 0 fully saturated rings. The van der Waals surface area contributed by atoms with Gasteiger partial charge in [0.25, 0.3) is 0 Å². The molecule has 2 aromatic carbocycles. The molecule has 7 heteroatoms. The second kappa shape index (κ2) is 9.75. The molecule has 0 radical (unpaired) electrons. The van der Waals surface area contributed by atoms with Crippen LogP contribution in [0.1, 0.15) is 24.0 Å². The molecule has 0 bridgehead atoms. The molecule has 158 valence electrons. The predicted molar refractivity (Wildman–Crippen MR) is 122 cm³/mol. The van der Waals surface area contributed by atoms with E-state index < -0.39 is 0 Å². The summed E-state index contributed by atoms with van der Waals surface area (Å²) in [6, 6.07) is 18.2. The van der Waals surface area contributed by atoms with Crippen molar-refractivity contribution in [2.45, 2.75) is 26.9 Å². The number of hydrogen-bond acceptors (Lipinski definition) is 4. The molecule has 31 heavy (non-hydrogen) atoms. The minimum atomic E-state index is 0.415. The molecule has 0 amide bonds. The van der Waals surface area contributed by atoms with Crippen molar-refractivity contribution in [1.29, 1.82) is 0 Å². The second-order valence-electron chi connectivity index (χ2n) is 7.17. The van der Waals surface area contributed by atoms with Gasteiger partial charge in [0, 0.05) is 12.1 Å². The summed E-state index contributed by atoms with van der Waals surface area (Å²) < 4.78 is 5.62. The van der Waals surface area contributed by atoms with Gasteiger partial charge in [-0.1, -0.05) is 48.0 Å².